The first-order valence-corrected chi connectivity index (χ1v) is 7.05. The van der Waals surface area contributed by atoms with Crippen LogP contribution in [-0.4, -0.2) is 80.9 Å². The van der Waals surface area contributed by atoms with E-state index in [1.807, 2.05) is 0 Å². The maximum Gasteiger partial charge on any atom is 0.127 e. The Kier molecular flexibility index (Phi) is 6.26. The molecule has 1 rings (SSSR count). The predicted molar refractivity (Wildman–Crippen MR) is 75.9 cm³/mol. The lowest BCUT2D eigenvalue weighted by atomic mass is 9.88. The van der Waals surface area contributed by atoms with Gasteiger partial charge in [0.05, 0.1) is 0 Å². The van der Waals surface area contributed by atoms with Crippen molar-refractivity contribution >= 4 is 6.29 Å². The third-order valence-corrected chi connectivity index (χ3v) is 4.01. The summed E-state index contributed by atoms with van der Waals surface area (Å²) in [4.78, 5) is 18.3. The molecule has 1 unspecified atom stereocenters. The van der Waals surface area contributed by atoms with Gasteiger partial charge in [-0.25, -0.2) is 0 Å². The van der Waals surface area contributed by atoms with Gasteiger partial charge in [-0.05, 0) is 20.5 Å². The molecule has 4 heteroatoms. The Morgan fingerprint density at radius 3 is 2.17 bits per heavy atom. The Balaban J connectivity index is 2.29. The summed E-state index contributed by atoms with van der Waals surface area (Å²) in [7, 11) is 4.24. The van der Waals surface area contributed by atoms with Crippen LogP contribution in [0.1, 0.15) is 20.3 Å². The fourth-order valence-electron chi connectivity index (χ4n) is 2.26. The van der Waals surface area contributed by atoms with Gasteiger partial charge in [0.15, 0.2) is 0 Å². The van der Waals surface area contributed by atoms with Crippen LogP contribution in [0.3, 0.4) is 0 Å². The van der Waals surface area contributed by atoms with Gasteiger partial charge in [-0.15, -0.1) is 0 Å². The van der Waals surface area contributed by atoms with Crippen molar-refractivity contribution in [1.29, 1.82) is 0 Å². The Bertz CT molecular complexity index is 249. The Hall–Kier alpha value is -0.450. The molecular weight excluding hydrogens is 226 g/mol. The molecule has 1 atom stereocenters. The Labute approximate surface area is 112 Å². The highest BCUT2D eigenvalue weighted by Crippen LogP contribution is 2.20. The van der Waals surface area contributed by atoms with Gasteiger partial charge >= 0.3 is 0 Å². The summed E-state index contributed by atoms with van der Waals surface area (Å²) >= 11 is 0. The van der Waals surface area contributed by atoms with Crippen LogP contribution < -0.4 is 0 Å². The molecule has 1 aliphatic heterocycles. The van der Waals surface area contributed by atoms with Crippen LogP contribution in [0.2, 0.25) is 0 Å². The first-order valence-electron chi connectivity index (χ1n) is 7.05. The maximum absolute atomic E-state index is 11.1. The maximum atomic E-state index is 11.1. The van der Waals surface area contributed by atoms with E-state index in [4.69, 9.17) is 0 Å². The van der Waals surface area contributed by atoms with Crippen LogP contribution in [0, 0.1) is 5.41 Å². The predicted octanol–water partition coefficient (Wildman–Crippen LogP) is 0.781. The van der Waals surface area contributed by atoms with E-state index in [9.17, 15) is 4.79 Å². The first-order chi connectivity index (χ1) is 8.49. The summed E-state index contributed by atoms with van der Waals surface area (Å²) in [5.74, 6) is 0. The first kappa shape index (κ1) is 15.6. The lowest BCUT2D eigenvalue weighted by Crippen LogP contribution is -2.50. The molecule has 0 aliphatic carbocycles. The molecule has 1 heterocycles. The zero-order chi connectivity index (χ0) is 13.6. The number of nitrogens with zero attached hydrogens (tertiary/aromatic N) is 3. The molecule has 1 aliphatic rings. The van der Waals surface area contributed by atoms with Crippen LogP contribution in [0.25, 0.3) is 0 Å². The molecule has 0 bridgehead atoms. The standard InChI is InChI=1S/C14H29N3O/c1-5-14(2,13-18)12-17-10-8-16(9-11-17)7-6-15(3)4/h13H,5-12H2,1-4H3. The van der Waals surface area contributed by atoms with Gasteiger partial charge in [-0.2, -0.15) is 0 Å². The smallest absolute Gasteiger partial charge is 0.127 e. The minimum atomic E-state index is -0.161. The number of hydrogen-bond donors (Lipinski definition) is 0. The van der Waals surface area contributed by atoms with Gasteiger partial charge in [-0.3, -0.25) is 9.80 Å². The van der Waals surface area contributed by atoms with E-state index < -0.39 is 0 Å². The third kappa shape index (κ3) is 5.04. The van der Waals surface area contributed by atoms with Gasteiger partial charge in [-0.1, -0.05) is 13.8 Å². The Morgan fingerprint density at radius 1 is 1.17 bits per heavy atom. The van der Waals surface area contributed by atoms with Crippen molar-refractivity contribution in [3.63, 3.8) is 0 Å². The minimum Gasteiger partial charge on any atom is -0.308 e. The lowest BCUT2D eigenvalue weighted by molar-refractivity contribution is -0.116. The highest BCUT2D eigenvalue weighted by molar-refractivity contribution is 5.58. The van der Waals surface area contributed by atoms with Gasteiger partial charge in [0, 0.05) is 51.2 Å². The van der Waals surface area contributed by atoms with Crippen molar-refractivity contribution < 1.29 is 4.79 Å². The minimum absolute atomic E-state index is 0.161. The number of carbonyl (C=O) groups is 1. The fourth-order valence-corrected chi connectivity index (χ4v) is 2.26. The summed E-state index contributed by atoms with van der Waals surface area (Å²) in [6, 6.07) is 0. The average molecular weight is 255 g/mol. The van der Waals surface area contributed by atoms with E-state index in [0.29, 0.717) is 0 Å². The summed E-state index contributed by atoms with van der Waals surface area (Å²) in [6.07, 6.45) is 2.06. The summed E-state index contributed by atoms with van der Waals surface area (Å²) < 4.78 is 0. The van der Waals surface area contributed by atoms with Crippen LogP contribution in [0.4, 0.5) is 0 Å². The average Bonchev–Trinajstić information content (AvgIpc) is 2.37. The second-order valence-electron chi connectivity index (χ2n) is 6.05. The highest BCUT2D eigenvalue weighted by atomic mass is 16.1. The third-order valence-electron chi connectivity index (χ3n) is 4.01. The molecule has 4 nitrogen and oxygen atoms in total. The van der Waals surface area contributed by atoms with Crippen molar-refractivity contribution in [2.75, 3.05) is 59.9 Å². The highest BCUT2D eigenvalue weighted by Gasteiger charge is 2.26. The number of aldehydes is 1. The van der Waals surface area contributed by atoms with E-state index in [1.54, 1.807) is 0 Å². The molecule has 106 valence electrons. The van der Waals surface area contributed by atoms with E-state index in [0.717, 1.165) is 58.5 Å². The van der Waals surface area contributed by atoms with Crippen molar-refractivity contribution in [1.82, 2.24) is 14.7 Å². The van der Waals surface area contributed by atoms with Gasteiger partial charge in [0.1, 0.15) is 6.29 Å². The van der Waals surface area contributed by atoms with E-state index in [-0.39, 0.29) is 5.41 Å². The van der Waals surface area contributed by atoms with Crippen molar-refractivity contribution in [3.05, 3.63) is 0 Å². The molecule has 1 saturated heterocycles. The normalized spacial score (nSPS) is 22.1. The monoisotopic (exact) mass is 255 g/mol. The summed E-state index contributed by atoms with van der Waals surface area (Å²) in [5.41, 5.74) is -0.161. The van der Waals surface area contributed by atoms with Crippen molar-refractivity contribution in [2.24, 2.45) is 5.41 Å². The topological polar surface area (TPSA) is 26.8 Å². The quantitative estimate of drug-likeness (QED) is 0.628. The van der Waals surface area contributed by atoms with Gasteiger partial charge in [0.25, 0.3) is 0 Å². The number of rotatable bonds is 7. The zero-order valence-electron chi connectivity index (χ0n) is 12.5. The second-order valence-corrected chi connectivity index (χ2v) is 6.05. The largest absolute Gasteiger partial charge is 0.308 e. The van der Waals surface area contributed by atoms with E-state index in [1.165, 1.54) is 0 Å². The summed E-state index contributed by atoms with van der Waals surface area (Å²) in [5, 5.41) is 0. The lowest BCUT2D eigenvalue weighted by Gasteiger charge is -2.38. The number of piperazine rings is 1. The zero-order valence-corrected chi connectivity index (χ0v) is 12.5. The molecule has 0 aromatic heterocycles. The fraction of sp³-hybridized carbons (Fsp3) is 0.929. The van der Waals surface area contributed by atoms with Crippen LogP contribution in [-0.2, 0) is 4.79 Å². The number of likely N-dealkylation sites (N-methyl/N-ethyl adjacent to an activating group) is 1. The summed E-state index contributed by atoms with van der Waals surface area (Å²) in [6.45, 7) is 11.8. The van der Waals surface area contributed by atoms with Gasteiger partial charge in [0.2, 0.25) is 0 Å². The number of hydrogen-bond acceptors (Lipinski definition) is 4. The molecule has 0 aromatic rings. The van der Waals surface area contributed by atoms with Gasteiger partial charge < -0.3 is 9.69 Å². The van der Waals surface area contributed by atoms with Crippen LogP contribution >= 0.6 is 0 Å². The molecule has 0 saturated carbocycles. The molecule has 18 heavy (non-hydrogen) atoms. The molecule has 0 aromatic carbocycles. The molecule has 0 N–H and O–H groups in total. The molecule has 0 radical (unpaired) electrons. The Morgan fingerprint density at radius 2 is 1.72 bits per heavy atom. The van der Waals surface area contributed by atoms with E-state index in [2.05, 4.69) is 42.6 Å². The van der Waals surface area contributed by atoms with E-state index >= 15 is 0 Å². The second kappa shape index (κ2) is 7.22. The van der Waals surface area contributed by atoms with Crippen molar-refractivity contribution in [2.45, 2.75) is 20.3 Å². The number of carbonyl (C=O) groups excluding carboxylic acids is 1. The van der Waals surface area contributed by atoms with Crippen LogP contribution in [0.15, 0.2) is 0 Å². The SMILES string of the molecule is CCC(C)(C=O)CN1CCN(CCN(C)C)CC1. The molecule has 1 fully saturated rings. The van der Waals surface area contributed by atoms with Crippen molar-refractivity contribution in [3.8, 4) is 0 Å². The molecule has 0 amide bonds. The molecule has 0 spiro atoms. The van der Waals surface area contributed by atoms with Crippen LogP contribution in [0.5, 0.6) is 0 Å². The molecular formula is C14H29N3O.